The lowest BCUT2D eigenvalue weighted by molar-refractivity contribution is -0.139. The van der Waals surface area contributed by atoms with Gasteiger partial charge in [-0.15, -0.1) is 11.8 Å². The summed E-state index contributed by atoms with van der Waals surface area (Å²) in [6.45, 7) is 3.65. The van der Waals surface area contributed by atoms with Crippen LogP contribution in [0.4, 0.5) is 0 Å². The molecule has 0 atom stereocenters. The fraction of sp³-hybridized carbons (Fsp3) is 0.174. The summed E-state index contributed by atoms with van der Waals surface area (Å²) in [5.41, 5.74) is 5.79. The van der Waals surface area contributed by atoms with E-state index in [-0.39, 0.29) is 6.61 Å². The van der Waals surface area contributed by atoms with Crippen molar-refractivity contribution >= 4 is 17.7 Å². The van der Waals surface area contributed by atoms with Crippen molar-refractivity contribution in [3.8, 4) is 16.9 Å². The molecule has 0 amide bonds. The van der Waals surface area contributed by atoms with E-state index in [2.05, 4.69) is 54.6 Å². The van der Waals surface area contributed by atoms with E-state index in [1.54, 1.807) is 11.8 Å². The zero-order chi connectivity index (χ0) is 19.2. The minimum Gasteiger partial charge on any atom is -0.482 e. The lowest BCUT2D eigenvalue weighted by Crippen LogP contribution is -2.10. The van der Waals surface area contributed by atoms with Crippen molar-refractivity contribution in [1.29, 1.82) is 0 Å². The van der Waals surface area contributed by atoms with Crippen LogP contribution in [0.3, 0.4) is 0 Å². The van der Waals surface area contributed by atoms with Crippen LogP contribution in [0, 0.1) is 13.8 Å². The van der Waals surface area contributed by atoms with E-state index < -0.39 is 5.97 Å². The van der Waals surface area contributed by atoms with E-state index in [0.717, 1.165) is 16.9 Å². The molecule has 0 unspecified atom stereocenters. The SMILES string of the molecule is Cc1cc(SCc2ccccc2-c2ccccc2)c(C)cc1OCC(=O)O. The third kappa shape index (κ3) is 4.92. The molecule has 4 heteroatoms. The molecule has 3 nitrogen and oxygen atoms in total. The molecular formula is C23H22O3S. The van der Waals surface area contributed by atoms with Gasteiger partial charge in [-0.25, -0.2) is 4.79 Å². The molecule has 3 aromatic rings. The Labute approximate surface area is 164 Å². The summed E-state index contributed by atoms with van der Waals surface area (Å²) < 4.78 is 5.36. The van der Waals surface area contributed by atoms with Crippen LogP contribution in [0.15, 0.2) is 71.6 Å². The average Bonchev–Trinajstić information content (AvgIpc) is 2.68. The first-order valence-corrected chi connectivity index (χ1v) is 9.75. The van der Waals surface area contributed by atoms with Crippen LogP contribution in [0.25, 0.3) is 11.1 Å². The highest BCUT2D eigenvalue weighted by atomic mass is 32.2. The molecular weight excluding hydrogens is 356 g/mol. The summed E-state index contributed by atoms with van der Waals surface area (Å²) in [5, 5.41) is 8.79. The van der Waals surface area contributed by atoms with Crippen LogP contribution in [0.1, 0.15) is 16.7 Å². The van der Waals surface area contributed by atoms with Gasteiger partial charge < -0.3 is 9.84 Å². The Morgan fingerprint density at radius 3 is 2.41 bits per heavy atom. The number of carboxylic acids is 1. The highest BCUT2D eigenvalue weighted by molar-refractivity contribution is 7.98. The molecule has 0 aliphatic heterocycles. The molecule has 0 heterocycles. The molecule has 0 aliphatic carbocycles. The quantitative estimate of drug-likeness (QED) is 0.534. The van der Waals surface area contributed by atoms with Crippen LogP contribution < -0.4 is 4.74 Å². The van der Waals surface area contributed by atoms with Gasteiger partial charge in [-0.3, -0.25) is 0 Å². The van der Waals surface area contributed by atoms with Gasteiger partial charge >= 0.3 is 5.97 Å². The van der Waals surface area contributed by atoms with Gasteiger partial charge in [-0.2, -0.15) is 0 Å². The molecule has 0 spiro atoms. The van der Waals surface area contributed by atoms with Crippen molar-refractivity contribution in [3.05, 3.63) is 83.4 Å². The number of rotatable bonds is 7. The number of carboxylic acid groups (broad SMARTS) is 1. The maximum atomic E-state index is 10.7. The number of benzene rings is 3. The lowest BCUT2D eigenvalue weighted by atomic mass is 10.0. The fourth-order valence-electron chi connectivity index (χ4n) is 2.91. The smallest absolute Gasteiger partial charge is 0.341 e. The van der Waals surface area contributed by atoms with Crippen molar-refractivity contribution in [3.63, 3.8) is 0 Å². The van der Waals surface area contributed by atoms with Gasteiger partial charge in [0, 0.05) is 10.6 Å². The first-order valence-electron chi connectivity index (χ1n) is 8.76. The average molecular weight is 378 g/mol. The van der Waals surface area contributed by atoms with Gasteiger partial charge in [0.25, 0.3) is 0 Å². The maximum Gasteiger partial charge on any atom is 0.341 e. The Hall–Kier alpha value is -2.72. The predicted molar refractivity (Wildman–Crippen MR) is 110 cm³/mol. The molecule has 0 aromatic heterocycles. The monoisotopic (exact) mass is 378 g/mol. The molecule has 0 bridgehead atoms. The Kier molecular flexibility index (Phi) is 6.20. The van der Waals surface area contributed by atoms with Crippen LogP contribution >= 0.6 is 11.8 Å². The Morgan fingerprint density at radius 1 is 0.963 bits per heavy atom. The highest BCUT2D eigenvalue weighted by Crippen LogP contribution is 2.34. The van der Waals surface area contributed by atoms with E-state index in [1.165, 1.54) is 21.6 Å². The number of aliphatic carboxylic acids is 1. The molecule has 0 saturated heterocycles. The number of aryl methyl sites for hydroxylation is 2. The van der Waals surface area contributed by atoms with Gasteiger partial charge in [0.2, 0.25) is 0 Å². The second-order valence-corrected chi connectivity index (χ2v) is 7.39. The largest absolute Gasteiger partial charge is 0.482 e. The topological polar surface area (TPSA) is 46.5 Å². The predicted octanol–water partition coefficient (Wildman–Crippen LogP) is 5.73. The molecule has 3 rings (SSSR count). The van der Waals surface area contributed by atoms with Crippen LogP contribution in [0.5, 0.6) is 5.75 Å². The van der Waals surface area contributed by atoms with Crippen molar-refractivity contribution in [2.45, 2.75) is 24.5 Å². The third-order valence-electron chi connectivity index (χ3n) is 4.31. The first kappa shape index (κ1) is 19.1. The molecule has 27 heavy (non-hydrogen) atoms. The van der Waals surface area contributed by atoms with E-state index in [4.69, 9.17) is 9.84 Å². The van der Waals surface area contributed by atoms with E-state index in [0.29, 0.717) is 5.75 Å². The summed E-state index contributed by atoms with van der Waals surface area (Å²) in [6, 6.07) is 22.9. The van der Waals surface area contributed by atoms with Crippen molar-refractivity contribution in [2.75, 3.05) is 6.61 Å². The maximum absolute atomic E-state index is 10.7. The Morgan fingerprint density at radius 2 is 1.67 bits per heavy atom. The number of thioether (sulfide) groups is 1. The fourth-order valence-corrected chi connectivity index (χ4v) is 4.02. The van der Waals surface area contributed by atoms with Crippen molar-refractivity contribution in [1.82, 2.24) is 0 Å². The van der Waals surface area contributed by atoms with Crippen molar-refractivity contribution in [2.24, 2.45) is 0 Å². The molecule has 0 aliphatic rings. The number of hydrogen-bond acceptors (Lipinski definition) is 3. The van der Waals surface area contributed by atoms with Crippen LogP contribution in [-0.2, 0) is 10.5 Å². The second kappa shape index (κ2) is 8.78. The highest BCUT2D eigenvalue weighted by Gasteiger charge is 2.10. The van der Waals surface area contributed by atoms with Gasteiger partial charge in [0.05, 0.1) is 0 Å². The van der Waals surface area contributed by atoms with Gasteiger partial charge in [0.1, 0.15) is 5.75 Å². The number of hydrogen-bond donors (Lipinski definition) is 1. The normalized spacial score (nSPS) is 10.6. The first-order chi connectivity index (χ1) is 13.0. The molecule has 138 valence electrons. The minimum atomic E-state index is -0.969. The zero-order valence-corrected chi connectivity index (χ0v) is 16.3. The zero-order valence-electron chi connectivity index (χ0n) is 15.4. The number of carbonyl (C=O) groups is 1. The molecule has 3 aromatic carbocycles. The van der Waals surface area contributed by atoms with Crippen molar-refractivity contribution < 1.29 is 14.6 Å². The summed E-state index contributed by atoms with van der Waals surface area (Å²) in [4.78, 5) is 11.9. The second-order valence-electron chi connectivity index (χ2n) is 6.38. The third-order valence-corrected chi connectivity index (χ3v) is 5.52. The van der Waals surface area contributed by atoms with Gasteiger partial charge in [0.15, 0.2) is 6.61 Å². The van der Waals surface area contributed by atoms with Crippen LogP contribution in [0.2, 0.25) is 0 Å². The summed E-state index contributed by atoms with van der Waals surface area (Å²) in [7, 11) is 0. The Balaban J connectivity index is 1.78. The van der Waals surface area contributed by atoms with Crippen LogP contribution in [-0.4, -0.2) is 17.7 Å². The summed E-state index contributed by atoms with van der Waals surface area (Å²) in [5.74, 6) is 0.521. The van der Waals surface area contributed by atoms with E-state index in [1.807, 2.05) is 26.0 Å². The molecule has 0 fully saturated rings. The number of ether oxygens (including phenoxy) is 1. The lowest BCUT2D eigenvalue weighted by Gasteiger charge is -2.14. The Bertz CT molecular complexity index is 936. The summed E-state index contributed by atoms with van der Waals surface area (Å²) in [6.07, 6.45) is 0. The van der Waals surface area contributed by atoms with E-state index in [9.17, 15) is 4.79 Å². The molecule has 0 saturated carbocycles. The minimum absolute atomic E-state index is 0.322. The van der Waals surface area contributed by atoms with Gasteiger partial charge in [-0.05, 0) is 53.8 Å². The molecule has 0 radical (unpaired) electrons. The van der Waals surface area contributed by atoms with Gasteiger partial charge in [-0.1, -0.05) is 54.6 Å². The van der Waals surface area contributed by atoms with E-state index >= 15 is 0 Å². The summed E-state index contributed by atoms with van der Waals surface area (Å²) >= 11 is 1.78. The molecule has 1 N–H and O–H groups in total. The standard InChI is InChI=1S/C23H22O3S/c1-16-13-22(17(2)12-21(16)26-14-23(24)25)27-15-19-10-6-7-11-20(19)18-8-4-3-5-9-18/h3-13H,14-15H2,1-2H3,(H,24,25).